The summed E-state index contributed by atoms with van der Waals surface area (Å²) in [4.78, 5) is 21.5. The number of ether oxygens (including phenoxy) is 2. The van der Waals surface area contributed by atoms with Gasteiger partial charge >= 0.3 is 5.97 Å². The van der Waals surface area contributed by atoms with Gasteiger partial charge in [-0.3, -0.25) is 14.7 Å². The summed E-state index contributed by atoms with van der Waals surface area (Å²) in [5.74, 6) is 0.568. The van der Waals surface area contributed by atoms with E-state index < -0.39 is 5.60 Å². The molecular formula is C33H38ClN3O4. The first-order valence-electron chi connectivity index (χ1n) is 14.1. The predicted octanol–water partition coefficient (Wildman–Crippen LogP) is 5.43. The van der Waals surface area contributed by atoms with E-state index in [1.165, 1.54) is 7.11 Å². The summed E-state index contributed by atoms with van der Waals surface area (Å²) >= 11 is 6.08. The Morgan fingerprint density at radius 2 is 2.02 bits per heavy atom. The number of carbonyl (C=O) groups is 1. The van der Waals surface area contributed by atoms with Crippen molar-refractivity contribution in [2.24, 2.45) is 0 Å². The summed E-state index contributed by atoms with van der Waals surface area (Å²) in [6, 6.07) is 18.0. The van der Waals surface area contributed by atoms with Crippen LogP contribution in [0.5, 0.6) is 5.75 Å². The molecule has 1 saturated heterocycles. The summed E-state index contributed by atoms with van der Waals surface area (Å²) < 4.78 is 11.1. The van der Waals surface area contributed by atoms with E-state index in [-0.39, 0.29) is 18.6 Å². The first kappa shape index (κ1) is 29.3. The Hall–Kier alpha value is -3.23. The molecule has 2 aromatic carbocycles. The second-order valence-corrected chi connectivity index (χ2v) is 11.7. The Kier molecular flexibility index (Phi) is 9.09. The molecule has 5 rings (SSSR count). The summed E-state index contributed by atoms with van der Waals surface area (Å²) in [6.45, 7) is 7.66. The van der Waals surface area contributed by atoms with Crippen molar-refractivity contribution in [3.63, 3.8) is 0 Å². The topological polar surface area (TPSA) is 75.1 Å². The highest BCUT2D eigenvalue weighted by molar-refractivity contribution is 6.30. The summed E-state index contributed by atoms with van der Waals surface area (Å²) in [7, 11) is 1.44. The van der Waals surface area contributed by atoms with Gasteiger partial charge < -0.3 is 19.5 Å². The number of hydrogen-bond donors (Lipinski definition) is 1. The van der Waals surface area contributed by atoms with Crippen LogP contribution in [0.2, 0.25) is 5.02 Å². The Balaban J connectivity index is 1.32. The monoisotopic (exact) mass is 575 g/mol. The van der Waals surface area contributed by atoms with Gasteiger partial charge in [-0.25, -0.2) is 0 Å². The molecule has 2 aliphatic heterocycles. The molecule has 216 valence electrons. The van der Waals surface area contributed by atoms with Crippen LogP contribution in [0, 0.1) is 0 Å². The van der Waals surface area contributed by atoms with Crippen molar-refractivity contribution in [2.75, 3.05) is 33.3 Å². The number of rotatable bonds is 9. The fourth-order valence-corrected chi connectivity index (χ4v) is 5.76. The van der Waals surface area contributed by atoms with Crippen LogP contribution in [0.3, 0.4) is 0 Å². The number of fused-ring (bicyclic) bond motifs is 2. The molecule has 1 unspecified atom stereocenters. The smallest absolute Gasteiger partial charge is 0.319 e. The number of esters is 1. The van der Waals surface area contributed by atoms with Crippen molar-refractivity contribution in [1.82, 2.24) is 14.8 Å². The molecule has 41 heavy (non-hydrogen) atoms. The van der Waals surface area contributed by atoms with Crippen molar-refractivity contribution in [1.29, 1.82) is 0 Å². The Morgan fingerprint density at radius 3 is 2.78 bits per heavy atom. The molecule has 0 aliphatic carbocycles. The van der Waals surface area contributed by atoms with Crippen LogP contribution in [0.25, 0.3) is 5.57 Å². The van der Waals surface area contributed by atoms with Crippen LogP contribution in [0.15, 0.2) is 66.9 Å². The van der Waals surface area contributed by atoms with Crippen LogP contribution in [-0.4, -0.2) is 65.2 Å². The van der Waals surface area contributed by atoms with Gasteiger partial charge in [-0.2, -0.15) is 0 Å². The minimum absolute atomic E-state index is 0.228. The van der Waals surface area contributed by atoms with Crippen LogP contribution < -0.4 is 4.74 Å². The van der Waals surface area contributed by atoms with Crippen molar-refractivity contribution >= 4 is 23.1 Å². The summed E-state index contributed by atoms with van der Waals surface area (Å²) in [5, 5.41) is 11.4. The molecule has 1 atom stereocenters. The second-order valence-electron chi connectivity index (χ2n) is 11.3. The van der Waals surface area contributed by atoms with Gasteiger partial charge in [-0.1, -0.05) is 41.9 Å². The van der Waals surface area contributed by atoms with Crippen LogP contribution >= 0.6 is 11.6 Å². The summed E-state index contributed by atoms with van der Waals surface area (Å²) in [5.41, 5.74) is 5.02. The van der Waals surface area contributed by atoms with E-state index in [2.05, 4.69) is 26.9 Å². The zero-order valence-corrected chi connectivity index (χ0v) is 24.7. The lowest BCUT2D eigenvalue weighted by atomic mass is 9.90. The molecule has 3 heterocycles. The number of methoxy groups -OCH3 is 1. The number of carbonyl (C=O) groups excluding carboxylic acids is 1. The standard InChI is InChI=1S/C33H38ClN3O4/c1-33(2,39)24-10-13-31-29(18-24)27(28-6-4-15-35-30(28)22-41-31)7-5-16-36-17-14-26(20-36)37(21-32(38)40-3)19-23-8-11-25(34)12-9-23/h4,6-13,15,18,26,39H,5,14,16-17,19-22H2,1-3H3/b27-7+. The van der Waals surface area contributed by atoms with E-state index in [4.69, 9.17) is 21.1 Å². The highest BCUT2D eigenvalue weighted by atomic mass is 35.5. The number of aliphatic hydroxyl groups is 1. The van der Waals surface area contributed by atoms with E-state index in [0.29, 0.717) is 18.2 Å². The van der Waals surface area contributed by atoms with Crippen molar-refractivity contribution in [3.05, 3.63) is 99.8 Å². The van der Waals surface area contributed by atoms with E-state index in [0.717, 1.165) is 71.7 Å². The zero-order valence-electron chi connectivity index (χ0n) is 24.0. The van der Waals surface area contributed by atoms with Gasteiger partial charge in [0.25, 0.3) is 0 Å². The van der Waals surface area contributed by atoms with Crippen molar-refractivity contribution in [3.8, 4) is 5.75 Å². The molecule has 0 saturated carbocycles. The third kappa shape index (κ3) is 7.16. The van der Waals surface area contributed by atoms with Crippen LogP contribution in [0.1, 0.15) is 54.6 Å². The predicted molar refractivity (Wildman–Crippen MR) is 161 cm³/mol. The van der Waals surface area contributed by atoms with Gasteiger partial charge in [0.1, 0.15) is 12.4 Å². The maximum absolute atomic E-state index is 12.2. The Morgan fingerprint density at radius 1 is 1.22 bits per heavy atom. The highest BCUT2D eigenvalue weighted by Crippen LogP contribution is 2.38. The normalized spacial score (nSPS) is 18.1. The largest absolute Gasteiger partial charge is 0.487 e. The minimum atomic E-state index is -0.961. The zero-order chi connectivity index (χ0) is 29.0. The average molecular weight is 576 g/mol. The number of aromatic nitrogens is 1. The maximum atomic E-state index is 12.2. The van der Waals surface area contributed by atoms with Crippen LogP contribution in [0.4, 0.5) is 0 Å². The number of benzene rings is 2. The lowest BCUT2D eigenvalue weighted by Gasteiger charge is -2.28. The fraction of sp³-hybridized carbons (Fsp3) is 0.394. The molecule has 7 nitrogen and oxygen atoms in total. The van der Waals surface area contributed by atoms with Gasteiger partial charge in [-0.05, 0) is 80.3 Å². The van der Waals surface area contributed by atoms with E-state index >= 15 is 0 Å². The van der Waals surface area contributed by atoms with Crippen molar-refractivity contribution in [2.45, 2.75) is 51.5 Å². The third-order valence-electron chi connectivity index (χ3n) is 7.94. The van der Waals surface area contributed by atoms with Gasteiger partial charge in [0.05, 0.1) is 24.9 Å². The molecule has 8 heteroatoms. The van der Waals surface area contributed by atoms with Gasteiger partial charge in [-0.15, -0.1) is 0 Å². The van der Waals surface area contributed by atoms with Gasteiger partial charge in [0.2, 0.25) is 0 Å². The number of nitrogens with zero attached hydrogens (tertiary/aromatic N) is 3. The maximum Gasteiger partial charge on any atom is 0.319 e. The molecule has 2 aliphatic rings. The average Bonchev–Trinajstić information content (AvgIpc) is 3.37. The van der Waals surface area contributed by atoms with E-state index in [9.17, 15) is 9.90 Å². The lowest BCUT2D eigenvalue weighted by molar-refractivity contribution is -0.142. The Bertz CT molecular complexity index is 1400. The molecule has 0 radical (unpaired) electrons. The van der Waals surface area contributed by atoms with Crippen LogP contribution in [-0.2, 0) is 28.3 Å². The van der Waals surface area contributed by atoms with Gasteiger partial charge in [0.15, 0.2) is 0 Å². The summed E-state index contributed by atoms with van der Waals surface area (Å²) in [6.07, 6.45) is 5.90. The molecule has 1 fully saturated rings. The second kappa shape index (κ2) is 12.7. The van der Waals surface area contributed by atoms with E-state index in [1.54, 1.807) is 20.0 Å². The quantitative estimate of drug-likeness (QED) is 0.341. The SMILES string of the molecule is COC(=O)CN(Cc1ccc(Cl)cc1)C1CCN(CC/C=C2/c3cc(C(C)(C)O)ccc3OCc3ncccc32)C1. The fourth-order valence-electron chi connectivity index (χ4n) is 5.63. The highest BCUT2D eigenvalue weighted by Gasteiger charge is 2.29. The van der Waals surface area contributed by atoms with Crippen molar-refractivity contribution < 1.29 is 19.4 Å². The van der Waals surface area contributed by atoms with E-state index in [1.807, 2.05) is 48.5 Å². The molecule has 1 aromatic heterocycles. The van der Waals surface area contributed by atoms with Gasteiger partial charge in [0, 0.05) is 48.0 Å². The first-order valence-corrected chi connectivity index (χ1v) is 14.5. The molecule has 0 bridgehead atoms. The molecule has 3 aromatic rings. The molecular weight excluding hydrogens is 538 g/mol. The third-order valence-corrected chi connectivity index (χ3v) is 8.19. The molecule has 0 amide bonds. The molecule has 0 spiro atoms. The lowest BCUT2D eigenvalue weighted by Crippen LogP contribution is -2.40. The molecule has 1 N–H and O–H groups in total. The minimum Gasteiger partial charge on any atom is -0.487 e. The number of pyridine rings is 1. The number of halogens is 1. The first-order chi connectivity index (χ1) is 19.7. The number of likely N-dealkylation sites (tertiary alicyclic amines) is 1. The Labute approximate surface area is 247 Å². The number of hydrogen-bond acceptors (Lipinski definition) is 7.